The second kappa shape index (κ2) is 7.83. The molecule has 28 heavy (non-hydrogen) atoms. The molecule has 0 bridgehead atoms. The van der Waals surface area contributed by atoms with Crippen LogP contribution in [0.2, 0.25) is 0 Å². The Kier molecular flexibility index (Phi) is 5.30. The molecule has 0 amide bonds. The number of aromatic nitrogens is 1. The first-order valence-corrected chi connectivity index (χ1v) is 7.65. The van der Waals surface area contributed by atoms with Crippen LogP contribution in [0.3, 0.4) is 0 Å². The minimum absolute atomic E-state index is 0.00938. The predicted molar refractivity (Wildman–Crippen MR) is 91.1 cm³/mol. The van der Waals surface area contributed by atoms with E-state index in [1.165, 1.54) is 18.2 Å². The molecule has 2 aromatic carbocycles. The van der Waals surface area contributed by atoms with Crippen LogP contribution in [0, 0.1) is 28.8 Å². The zero-order valence-corrected chi connectivity index (χ0v) is 13.9. The Bertz CT molecular complexity index is 1030. The number of benzene rings is 2. The van der Waals surface area contributed by atoms with E-state index in [4.69, 9.17) is 10.00 Å². The molecular weight excluding hydrogens is 377 g/mol. The summed E-state index contributed by atoms with van der Waals surface area (Å²) in [5, 5.41) is 30.0. The fourth-order valence-electron chi connectivity index (χ4n) is 2.27. The van der Waals surface area contributed by atoms with Crippen LogP contribution in [0.1, 0.15) is 5.56 Å². The van der Waals surface area contributed by atoms with Crippen molar-refractivity contribution in [1.29, 1.82) is 5.26 Å². The van der Waals surface area contributed by atoms with Gasteiger partial charge in [0.05, 0.1) is 23.5 Å². The number of nitrogens with one attached hydrogen (secondary N) is 1. The standard InChI is InChI=1S/C18H11F3N4O3/c19-11-5-14(20)17(15(21)6-11)28-13-7-16(18(23-9-13)25(26)27)24-12-3-1-10(8-22)2-4-12/h1-7,9,24,26-27H. The van der Waals surface area contributed by atoms with E-state index in [1.807, 2.05) is 6.07 Å². The average molecular weight is 388 g/mol. The quantitative estimate of drug-likeness (QED) is 0.554. The molecule has 0 aliphatic carbocycles. The number of pyridine rings is 1. The fraction of sp³-hybridized carbons (Fsp3) is 0. The first-order valence-electron chi connectivity index (χ1n) is 7.65. The SMILES string of the molecule is N#Cc1ccc(Nc2cc(Oc3c(F)cc(F)cc3F)cnc2N(O)O)cc1. The van der Waals surface area contributed by atoms with Gasteiger partial charge in [-0.05, 0) is 24.3 Å². The summed E-state index contributed by atoms with van der Waals surface area (Å²) in [5.41, 5.74) is 0.879. The van der Waals surface area contributed by atoms with Crippen LogP contribution in [-0.2, 0) is 0 Å². The lowest BCUT2D eigenvalue weighted by molar-refractivity contribution is 0.0272. The first kappa shape index (κ1) is 19.0. The highest BCUT2D eigenvalue weighted by Crippen LogP contribution is 2.33. The van der Waals surface area contributed by atoms with Gasteiger partial charge in [0.15, 0.2) is 17.4 Å². The Hall–Kier alpha value is -3.81. The molecular formula is C18H11F3N4O3. The van der Waals surface area contributed by atoms with Crippen LogP contribution < -0.4 is 15.3 Å². The van der Waals surface area contributed by atoms with Crippen molar-refractivity contribution in [2.45, 2.75) is 0 Å². The fourth-order valence-corrected chi connectivity index (χ4v) is 2.27. The summed E-state index contributed by atoms with van der Waals surface area (Å²) >= 11 is 0. The van der Waals surface area contributed by atoms with Crippen molar-refractivity contribution in [2.75, 3.05) is 10.5 Å². The van der Waals surface area contributed by atoms with Gasteiger partial charge >= 0.3 is 0 Å². The van der Waals surface area contributed by atoms with Crippen molar-refractivity contribution >= 4 is 17.2 Å². The number of ether oxygens (including phenoxy) is 1. The van der Waals surface area contributed by atoms with Crippen LogP contribution in [-0.4, -0.2) is 15.4 Å². The number of rotatable bonds is 5. The highest BCUT2D eigenvalue weighted by molar-refractivity contribution is 5.72. The predicted octanol–water partition coefficient (Wildman–Crippen LogP) is 4.49. The summed E-state index contributed by atoms with van der Waals surface area (Å²) in [4.78, 5) is 3.75. The van der Waals surface area contributed by atoms with Crippen molar-refractivity contribution in [2.24, 2.45) is 0 Å². The second-order valence-electron chi connectivity index (χ2n) is 5.45. The Morgan fingerprint density at radius 2 is 1.68 bits per heavy atom. The lowest BCUT2D eigenvalue weighted by atomic mass is 10.2. The molecule has 0 radical (unpaired) electrons. The third-order valence-electron chi connectivity index (χ3n) is 3.51. The minimum atomic E-state index is -1.26. The number of anilines is 3. The number of halogens is 3. The highest BCUT2D eigenvalue weighted by Gasteiger charge is 2.17. The van der Waals surface area contributed by atoms with Crippen LogP contribution in [0.25, 0.3) is 0 Å². The van der Waals surface area contributed by atoms with E-state index in [9.17, 15) is 23.6 Å². The minimum Gasteiger partial charge on any atom is -0.449 e. The maximum Gasteiger partial charge on any atom is 0.207 e. The van der Waals surface area contributed by atoms with Crippen molar-refractivity contribution in [3.05, 3.63) is 71.7 Å². The summed E-state index contributed by atoms with van der Waals surface area (Å²) in [6, 6.07) is 10.2. The molecule has 10 heteroatoms. The molecule has 0 spiro atoms. The van der Waals surface area contributed by atoms with Crippen molar-refractivity contribution < 1.29 is 28.3 Å². The monoisotopic (exact) mass is 388 g/mol. The van der Waals surface area contributed by atoms with Crippen LogP contribution in [0.5, 0.6) is 11.5 Å². The van der Waals surface area contributed by atoms with Gasteiger partial charge in [0.2, 0.25) is 5.82 Å². The molecule has 0 saturated heterocycles. The molecule has 3 rings (SSSR count). The van der Waals surface area contributed by atoms with Crippen molar-refractivity contribution in [3.8, 4) is 17.6 Å². The lowest BCUT2D eigenvalue weighted by Crippen LogP contribution is -2.14. The van der Waals surface area contributed by atoms with Crippen LogP contribution >= 0.6 is 0 Å². The zero-order valence-electron chi connectivity index (χ0n) is 13.9. The topological polar surface area (TPSA) is 102 Å². The third-order valence-corrected chi connectivity index (χ3v) is 3.51. The molecule has 7 nitrogen and oxygen atoms in total. The van der Waals surface area contributed by atoms with Crippen LogP contribution in [0.15, 0.2) is 48.7 Å². The highest BCUT2D eigenvalue weighted by atomic mass is 19.1. The molecule has 0 aliphatic heterocycles. The van der Waals surface area contributed by atoms with Crippen molar-refractivity contribution in [3.63, 3.8) is 0 Å². The Balaban J connectivity index is 1.94. The third kappa shape index (κ3) is 4.12. The summed E-state index contributed by atoms with van der Waals surface area (Å²) in [6.07, 6.45) is 0.987. The van der Waals surface area contributed by atoms with Gasteiger partial charge in [-0.25, -0.2) is 18.2 Å². The molecule has 0 fully saturated rings. The van der Waals surface area contributed by atoms with E-state index in [2.05, 4.69) is 10.3 Å². The molecule has 0 aliphatic rings. The summed E-state index contributed by atoms with van der Waals surface area (Å²) in [5.74, 6) is -4.95. The number of nitriles is 1. The molecule has 0 unspecified atom stereocenters. The van der Waals surface area contributed by atoms with Gasteiger partial charge in [0, 0.05) is 23.9 Å². The molecule has 3 aromatic rings. The van der Waals surface area contributed by atoms with Gasteiger partial charge in [-0.3, -0.25) is 10.4 Å². The normalized spacial score (nSPS) is 10.3. The Morgan fingerprint density at radius 3 is 2.25 bits per heavy atom. The van der Waals surface area contributed by atoms with E-state index in [-0.39, 0.29) is 22.5 Å². The Morgan fingerprint density at radius 1 is 1.04 bits per heavy atom. The summed E-state index contributed by atoms with van der Waals surface area (Å²) in [6.45, 7) is 0. The van der Waals surface area contributed by atoms with Gasteiger partial charge < -0.3 is 10.1 Å². The van der Waals surface area contributed by atoms with Gasteiger partial charge in [-0.1, -0.05) is 0 Å². The van der Waals surface area contributed by atoms with Gasteiger partial charge in [-0.2, -0.15) is 5.26 Å². The molecule has 1 aromatic heterocycles. The number of hydrogen-bond acceptors (Lipinski definition) is 7. The maximum atomic E-state index is 13.8. The summed E-state index contributed by atoms with van der Waals surface area (Å²) in [7, 11) is 0. The number of nitrogens with zero attached hydrogens (tertiary/aromatic N) is 3. The van der Waals surface area contributed by atoms with Gasteiger partial charge in [0.25, 0.3) is 0 Å². The van der Waals surface area contributed by atoms with E-state index in [0.29, 0.717) is 23.4 Å². The molecule has 1 heterocycles. The van der Waals surface area contributed by atoms with E-state index in [1.54, 1.807) is 12.1 Å². The van der Waals surface area contributed by atoms with Crippen molar-refractivity contribution in [1.82, 2.24) is 4.98 Å². The van der Waals surface area contributed by atoms with E-state index in [0.717, 1.165) is 6.20 Å². The van der Waals surface area contributed by atoms with E-state index >= 15 is 0 Å². The van der Waals surface area contributed by atoms with Crippen LogP contribution in [0.4, 0.5) is 30.4 Å². The second-order valence-corrected chi connectivity index (χ2v) is 5.45. The maximum absolute atomic E-state index is 13.8. The molecule has 3 N–H and O–H groups in total. The van der Waals surface area contributed by atoms with Gasteiger partial charge in [0.1, 0.15) is 11.6 Å². The number of hydrogen-bond donors (Lipinski definition) is 3. The average Bonchev–Trinajstić information content (AvgIpc) is 2.65. The Labute approximate surface area is 156 Å². The summed E-state index contributed by atoms with van der Waals surface area (Å²) < 4.78 is 45.6. The largest absolute Gasteiger partial charge is 0.449 e. The van der Waals surface area contributed by atoms with E-state index < -0.39 is 23.2 Å². The lowest BCUT2D eigenvalue weighted by Gasteiger charge is -2.16. The molecule has 0 atom stereocenters. The zero-order chi connectivity index (χ0) is 20.3. The smallest absolute Gasteiger partial charge is 0.207 e. The molecule has 142 valence electrons. The molecule has 0 saturated carbocycles. The first-order chi connectivity index (χ1) is 13.4. The van der Waals surface area contributed by atoms with Gasteiger partial charge in [-0.15, -0.1) is 5.23 Å².